The topological polar surface area (TPSA) is 48.5 Å². The first-order valence-corrected chi connectivity index (χ1v) is 7.38. The number of nitrogens with zero attached hydrogens (tertiary/aromatic N) is 5. The summed E-state index contributed by atoms with van der Waals surface area (Å²) in [6, 6.07) is 6.77. The maximum absolute atomic E-state index is 4.84. The summed E-state index contributed by atoms with van der Waals surface area (Å²) in [6.07, 6.45) is 1.83. The van der Waals surface area contributed by atoms with E-state index in [9.17, 15) is 0 Å². The van der Waals surface area contributed by atoms with E-state index in [2.05, 4.69) is 50.0 Å². The highest BCUT2D eigenvalue weighted by Gasteiger charge is 2.15. The molecule has 5 heteroatoms. The molecular weight excluding hydrogens is 262 g/mol. The second-order valence-corrected chi connectivity index (χ2v) is 5.95. The fraction of sp³-hybridized carbons (Fsp3) is 0.438. The van der Waals surface area contributed by atoms with Gasteiger partial charge < -0.3 is 0 Å². The molecule has 0 aromatic carbocycles. The molecule has 0 saturated heterocycles. The minimum atomic E-state index is 0.291. The highest BCUT2D eigenvalue weighted by atomic mass is 15.3. The Morgan fingerprint density at radius 1 is 0.952 bits per heavy atom. The number of aromatic nitrogens is 5. The normalized spacial score (nSPS) is 12.0. The average molecular weight is 283 g/mol. The van der Waals surface area contributed by atoms with E-state index in [4.69, 9.17) is 4.98 Å². The first kappa shape index (κ1) is 13.8. The Balaban J connectivity index is 2.21. The molecule has 0 N–H and O–H groups in total. The van der Waals surface area contributed by atoms with Crippen LogP contribution in [0.1, 0.15) is 45.5 Å². The monoisotopic (exact) mass is 283 g/mol. The summed E-state index contributed by atoms with van der Waals surface area (Å²) in [6.45, 7) is 10.5. The van der Waals surface area contributed by atoms with Gasteiger partial charge in [0.2, 0.25) is 0 Å². The molecule has 3 aromatic heterocycles. The van der Waals surface area contributed by atoms with Crippen LogP contribution in [0.15, 0.2) is 24.4 Å². The van der Waals surface area contributed by atoms with E-state index in [0.29, 0.717) is 12.1 Å². The van der Waals surface area contributed by atoms with Crippen LogP contribution in [-0.2, 0) is 0 Å². The molecule has 3 aromatic rings. The second-order valence-electron chi connectivity index (χ2n) is 5.95. The van der Waals surface area contributed by atoms with E-state index in [-0.39, 0.29) is 0 Å². The van der Waals surface area contributed by atoms with Gasteiger partial charge in [0.05, 0.1) is 17.1 Å². The molecule has 21 heavy (non-hydrogen) atoms. The van der Waals surface area contributed by atoms with Gasteiger partial charge in [-0.3, -0.25) is 4.68 Å². The molecular formula is C16H21N5. The third-order valence-electron chi connectivity index (χ3n) is 3.65. The van der Waals surface area contributed by atoms with Gasteiger partial charge in [0.25, 0.3) is 0 Å². The maximum atomic E-state index is 4.84. The third kappa shape index (κ3) is 2.22. The molecule has 0 atom stereocenters. The van der Waals surface area contributed by atoms with E-state index in [1.807, 2.05) is 28.6 Å². The van der Waals surface area contributed by atoms with Crippen LogP contribution in [0.4, 0.5) is 0 Å². The van der Waals surface area contributed by atoms with Crippen LogP contribution in [-0.4, -0.2) is 24.5 Å². The average Bonchev–Trinajstić information content (AvgIpc) is 3.03. The van der Waals surface area contributed by atoms with Gasteiger partial charge >= 0.3 is 0 Å². The van der Waals surface area contributed by atoms with Gasteiger partial charge in [-0.2, -0.15) is 10.2 Å². The van der Waals surface area contributed by atoms with E-state index in [1.165, 1.54) is 0 Å². The Bertz CT molecular complexity index is 779. The first-order valence-electron chi connectivity index (χ1n) is 7.38. The lowest BCUT2D eigenvalue weighted by Crippen LogP contribution is -2.06. The Hall–Kier alpha value is -2.17. The molecule has 0 aliphatic rings. The Kier molecular flexibility index (Phi) is 3.27. The van der Waals surface area contributed by atoms with Crippen molar-refractivity contribution in [3.05, 3.63) is 30.1 Å². The van der Waals surface area contributed by atoms with Crippen molar-refractivity contribution in [2.75, 3.05) is 0 Å². The van der Waals surface area contributed by atoms with Crippen LogP contribution in [0.5, 0.6) is 0 Å². The summed E-state index contributed by atoms with van der Waals surface area (Å²) < 4.78 is 3.99. The van der Waals surface area contributed by atoms with Gasteiger partial charge in [-0.25, -0.2) is 9.67 Å². The number of hydrogen-bond acceptors (Lipinski definition) is 3. The number of hydrogen-bond donors (Lipinski definition) is 0. The molecule has 5 nitrogen and oxygen atoms in total. The molecule has 0 amide bonds. The number of fused-ring (bicyclic) bond motifs is 1. The number of aryl methyl sites for hydroxylation is 1. The highest BCUT2D eigenvalue weighted by Crippen LogP contribution is 2.25. The van der Waals surface area contributed by atoms with Crippen molar-refractivity contribution in [2.24, 2.45) is 0 Å². The van der Waals surface area contributed by atoms with E-state index in [0.717, 1.165) is 28.1 Å². The van der Waals surface area contributed by atoms with Crippen LogP contribution in [0.3, 0.4) is 0 Å². The minimum absolute atomic E-state index is 0.291. The van der Waals surface area contributed by atoms with Crippen molar-refractivity contribution in [3.8, 4) is 11.4 Å². The SMILES string of the molecule is Cc1nn(C(C)C)c2nc(-c3ccnn3C(C)C)ccc12. The molecule has 0 aliphatic heterocycles. The van der Waals surface area contributed by atoms with Gasteiger partial charge in [-0.05, 0) is 52.8 Å². The minimum Gasteiger partial charge on any atom is -0.261 e. The van der Waals surface area contributed by atoms with Crippen molar-refractivity contribution >= 4 is 11.0 Å². The third-order valence-corrected chi connectivity index (χ3v) is 3.65. The maximum Gasteiger partial charge on any atom is 0.159 e. The molecule has 3 rings (SSSR count). The van der Waals surface area contributed by atoms with Crippen molar-refractivity contribution < 1.29 is 0 Å². The van der Waals surface area contributed by atoms with Gasteiger partial charge in [0, 0.05) is 23.7 Å². The summed E-state index contributed by atoms with van der Waals surface area (Å²) in [4.78, 5) is 4.84. The van der Waals surface area contributed by atoms with Crippen LogP contribution >= 0.6 is 0 Å². The van der Waals surface area contributed by atoms with Crippen molar-refractivity contribution in [3.63, 3.8) is 0 Å². The first-order chi connectivity index (χ1) is 9.99. The fourth-order valence-electron chi connectivity index (χ4n) is 2.60. The van der Waals surface area contributed by atoms with E-state index < -0.39 is 0 Å². The Labute approximate surface area is 124 Å². The number of rotatable bonds is 3. The van der Waals surface area contributed by atoms with Crippen LogP contribution < -0.4 is 0 Å². The molecule has 0 unspecified atom stereocenters. The largest absolute Gasteiger partial charge is 0.261 e. The highest BCUT2D eigenvalue weighted by molar-refractivity contribution is 5.80. The molecule has 110 valence electrons. The molecule has 0 saturated carbocycles. The van der Waals surface area contributed by atoms with Crippen LogP contribution in [0.25, 0.3) is 22.4 Å². The van der Waals surface area contributed by atoms with E-state index >= 15 is 0 Å². The second kappa shape index (κ2) is 4.98. The fourth-order valence-corrected chi connectivity index (χ4v) is 2.60. The number of pyridine rings is 1. The molecule has 0 radical (unpaired) electrons. The molecule has 0 bridgehead atoms. The summed E-state index contributed by atoms with van der Waals surface area (Å²) >= 11 is 0. The zero-order valence-electron chi connectivity index (χ0n) is 13.2. The molecule has 0 aliphatic carbocycles. The Morgan fingerprint density at radius 3 is 2.33 bits per heavy atom. The predicted molar refractivity (Wildman–Crippen MR) is 84.3 cm³/mol. The Morgan fingerprint density at radius 2 is 1.67 bits per heavy atom. The molecule has 0 fully saturated rings. The summed E-state index contributed by atoms with van der Waals surface area (Å²) in [5, 5.41) is 10.1. The van der Waals surface area contributed by atoms with Crippen molar-refractivity contribution in [1.82, 2.24) is 24.5 Å². The van der Waals surface area contributed by atoms with Gasteiger partial charge in [0.1, 0.15) is 0 Å². The smallest absolute Gasteiger partial charge is 0.159 e. The standard InChI is InChI=1S/C16H21N5/c1-10(2)20-15(8-9-17-20)14-7-6-13-12(5)19-21(11(3)4)16(13)18-14/h6-11H,1-5H3. The quantitative estimate of drug-likeness (QED) is 0.735. The van der Waals surface area contributed by atoms with Crippen molar-refractivity contribution in [1.29, 1.82) is 0 Å². The molecule has 0 spiro atoms. The summed E-state index contributed by atoms with van der Waals surface area (Å²) in [5.74, 6) is 0. The zero-order chi connectivity index (χ0) is 15.1. The van der Waals surface area contributed by atoms with E-state index in [1.54, 1.807) is 0 Å². The van der Waals surface area contributed by atoms with Gasteiger partial charge in [-0.1, -0.05) is 0 Å². The lowest BCUT2D eigenvalue weighted by atomic mass is 10.2. The van der Waals surface area contributed by atoms with Crippen molar-refractivity contribution in [2.45, 2.75) is 46.7 Å². The van der Waals surface area contributed by atoms with Crippen LogP contribution in [0.2, 0.25) is 0 Å². The summed E-state index contributed by atoms with van der Waals surface area (Å²) in [7, 11) is 0. The van der Waals surface area contributed by atoms with Gasteiger partial charge in [-0.15, -0.1) is 0 Å². The zero-order valence-corrected chi connectivity index (χ0v) is 13.2. The summed E-state index contributed by atoms with van der Waals surface area (Å²) in [5.41, 5.74) is 3.95. The lowest BCUT2D eigenvalue weighted by molar-refractivity contribution is 0.536. The van der Waals surface area contributed by atoms with Crippen LogP contribution in [0, 0.1) is 6.92 Å². The lowest BCUT2D eigenvalue weighted by Gasteiger charge is -2.11. The van der Waals surface area contributed by atoms with Gasteiger partial charge in [0.15, 0.2) is 5.65 Å². The molecule has 3 heterocycles. The predicted octanol–water partition coefficient (Wildman–Crippen LogP) is 3.77.